The predicted molar refractivity (Wildman–Crippen MR) is 81.5 cm³/mol. The molecule has 2 nitrogen and oxygen atoms in total. The van der Waals surface area contributed by atoms with E-state index in [9.17, 15) is 13.2 Å². The van der Waals surface area contributed by atoms with Gasteiger partial charge >= 0.3 is 6.18 Å². The maximum atomic E-state index is 13.0. The highest BCUT2D eigenvalue weighted by Gasteiger charge is 2.33. The van der Waals surface area contributed by atoms with Crippen LogP contribution in [0.4, 0.5) is 13.2 Å². The Kier molecular flexibility index (Phi) is 3.87. The number of benzene rings is 2. The van der Waals surface area contributed by atoms with Crippen LogP contribution < -0.4 is 0 Å². The van der Waals surface area contributed by atoms with E-state index in [-0.39, 0.29) is 5.52 Å². The fourth-order valence-electron chi connectivity index (χ4n) is 2.27. The summed E-state index contributed by atoms with van der Waals surface area (Å²) < 4.78 is 39.6. The lowest BCUT2D eigenvalue weighted by Crippen LogP contribution is -2.08. The van der Waals surface area contributed by atoms with Crippen LogP contribution in [0.25, 0.3) is 10.9 Å². The molecule has 0 spiro atoms. The van der Waals surface area contributed by atoms with Crippen LogP contribution in [0.2, 0.25) is 0 Å². The number of hydrogen-bond donors (Lipinski definition) is 0. The number of halogens is 4. The van der Waals surface area contributed by atoms with Crippen molar-refractivity contribution in [2.45, 2.75) is 12.6 Å². The van der Waals surface area contributed by atoms with E-state index in [0.29, 0.717) is 22.0 Å². The summed E-state index contributed by atoms with van der Waals surface area (Å²) in [6.07, 6.45) is -3.95. The maximum Gasteiger partial charge on any atom is 0.418 e. The Balaban J connectivity index is 2.11. The smallest absolute Gasteiger partial charge is 0.166 e. The molecule has 2 aromatic carbocycles. The van der Waals surface area contributed by atoms with E-state index >= 15 is 0 Å². The largest absolute Gasteiger partial charge is 0.418 e. The molecule has 22 heavy (non-hydrogen) atoms. The van der Waals surface area contributed by atoms with Crippen molar-refractivity contribution in [3.63, 3.8) is 0 Å². The molecule has 1 aromatic heterocycles. The first-order chi connectivity index (χ1) is 10.5. The molecule has 3 aromatic rings. The van der Waals surface area contributed by atoms with E-state index in [4.69, 9.17) is 0 Å². The van der Waals surface area contributed by atoms with Crippen molar-refractivity contribution >= 4 is 26.8 Å². The molecule has 0 N–H and O–H groups in total. The van der Waals surface area contributed by atoms with E-state index < -0.39 is 11.7 Å². The van der Waals surface area contributed by atoms with Crippen molar-refractivity contribution in [3.05, 3.63) is 69.8 Å². The summed E-state index contributed by atoms with van der Waals surface area (Å²) in [5, 5.41) is 8.20. The second-order valence-corrected chi connectivity index (χ2v) is 5.62. The minimum atomic E-state index is -4.45. The van der Waals surface area contributed by atoms with Gasteiger partial charge in [0, 0.05) is 11.8 Å². The molecule has 1 heterocycles. The zero-order valence-corrected chi connectivity index (χ0v) is 12.8. The Bertz CT molecular complexity index is 817. The average molecular weight is 367 g/mol. The molecule has 0 aliphatic carbocycles. The van der Waals surface area contributed by atoms with Crippen LogP contribution in [0.3, 0.4) is 0 Å². The molecule has 0 amide bonds. The van der Waals surface area contributed by atoms with Crippen molar-refractivity contribution in [2.24, 2.45) is 0 Å². The SMILES string of the molecule is FC(F)(F)c1cccc2c(Br)c(Cc3ccccc3)nnc12. The second kappa shape index (κ2) is 5.68. The lowest BCUT2D eigenvalue weighted by atomic mass is 10.1. The number of fused-ring (bicyclic) bond motifs is 1. The van der Waals surface area contributed by atoms with Gasteiger partial charge in [0.25, 0.3) is 0 Å². The molecule has 0 radical (unpaired) electrons. The zero-order chi connectivity index (χ0) is 15.7. The number of aromatic nitrogens is 2. The zero-order valence-electron chi connectivity index (χ0n) is 11.2. The average Bonchev–Trinajstić information content (AvgIpc) is 2.50. The van der Waals surface area contributed by atoms with Gasteiger partial charge < -0.3 is 0 Å². The molecule has 0 aliphatic rings. The summed E-state index contributed by atoms with van der Waals surface area (Å²) in [6, 6.07) is 13.6. The molecule has 0 saturated heterocycles. The lowest BCUT2D eigenvalue weighted by molar-refractivity contribution is -0.136. The van der Waals surface area contributed by atoms with Crippen molar-refractivity contribution in [2.75, 3.05) is 0 Å². The third kappa shape index (κ3) is 2.83. The number of alkyl halides is 3. The van der Waals surface area contributed by atoms with Crippen molar-refractivity contribution < 1.29 is 13.2 Å². The summed E-state index contributed by atoms with van der Waals surface area (Å²) in [4.78, 5) is 0. The third-order valence-corrected chi connectivity index (χ3v) is 4.20. The summed E-state index contributed by atoms with van der Waals surface area (Å²) in [7, 11) is 0. The molecule has 0 unspecified atom stereocenters. The van der Waals surface area contributed by atoms with Gasteiger partial charge in [0.15, 0.2) is 0 Å². The van der Waals surface area contributed by atoms with Gasteiger partial charge in [-0.05, 0) is 27.6 Å². The van der Waals surface area contributed by atoms with Crippen LogP contribution in [0, 0.1) is 0 Å². The van der Waals surface area contributed by atoms with Gasteiger partial charge in [-0.1, -0.05) is 42.5 Å². The minimum Gasteiger partial charge on any atom is -0.166 e. The van der Waals surface area contributed by atoms with Crippen LogP contribution >= 0.6 is 15.9 Å². The van der Waals surface area contributed by atoms with Crippen molar-refractivity contribution in [3.8, 4) is 0 Å². The third-order valence-electron chi connectivity index (χ3n) is 3.32. The highest BCUT2D eigenvalue weighted by molar-refractivity contribution is 9.10. The Labute approximate surface area is 133 Å². The minimum absolute atomic E-state index is 0.140. The summed E-state index contributed by atoms with van der Waals surface area (Å²) >= 11 is 3.37. The highest BCUT2D eigenvalue weighted by Crippen LogP contribution is 2.36. The van der Waals surface area contributed by atoms with Crippen LogP contribution in [0.5, 0.6) is 0 Å². The molecule has 6 heteroatoms. The Morgan fingerprint density at radius 1 is 0.909 bits per heavy atom. The van der Waals surface area contributed by atoms with E-state index in [0.717, 1.165) is 11.6 Å². The monoisotopic (exact) mass is 366 g/mol. The normalized spacial score (nSPS) is 11.8. The molecule has 0 atom stereocenters. The quantitative estimate of drug-likeness (QED) is 0.637. The van der Waals surface area contributed by atoms with Crippen LogP contribution in [-0.2, 0) is 12.6 Å². The molecule has 3 rings (SSSR count). The first kappa shape index (κ1) is 15.0. The molecule has 0 fully saturated rings. The summed E-state index contributed by atoms with van der Waals surface area (Å²) in [5.74, 6) is 0. The molecule has 112 valence electrons. The van der Waals surface area contributed by atoms with Crippen molar-refractivity contribution in [1.29, 1.82) is 0 Å². The van der Waals surface area contributed by atoms with Gasteiger partial charge in [0.1, 0.15) is 5.52 Å². The number of hydrogen-bond acceptors (Lipinski definition) is 2. The fourth-order valence-corrected chi connectivity index (χ4v) is 2.81. The predicted octanol–water partition coefficient (Wildman–Crippen LogP) is 5.00. The van der Waals surface area contributed by atoms with Gasteiger partial charge in [0.05, 0.1) is 15.7 Å². The Morgan fingerprint density at radius 3 is 2.32 bits per heavy atom. The van der Waals surface area contributed by atoms with Gasteiger partial charge in [-0.25, -0.2) is 0 Å². The van der Waals surface area contributed by atoms with Crippen molar-refractivity contribution in [1.82, 2.24) is 10.2 Å². The second-order valence-electron chi connectivity index (χ2n) is 4.82. The first-order valence-corrected chi connectivity index (χ1v) is 7.31. The van der Waals surface area contributed by atoms with E-state index in [1.807, 2.05) is 30.3 Å². The van der Waals surface area contributed by atoms with Crippen LogP contribution in [0.1, 0.15) is 16.8 Å². The summed E-state index contributed by atoms with van der Waals surface area (Å²) in [5.41, 5.74) is 0.713. The van der Waals surface area contributed by atoms with Gasteiger partial charge in [-0.15, -0.1) is 5.10 Å². The van der Waals surface area contributed by atoms with Gasteiger partial charge in [0.2, 0.25) is 0 Å². The highest BCUT2D eigenvalue weighted by atomic mass is 79.9. The molecule has 0 saturated carbocycles. The molecule has 0 aliphatic heterocycles. The number of nitrogens with zero attached hydrogens (tertiary/aromatic N) is 2. The van der Waals surface area contributed by atoms with Crippen LogP contribution in [-0.4, -0.2) is 10.2 Å². The van der Waals surface area contributed by atoms with Crippen LogP contribution in [0.15, 0.2) is 53.0 Å². The molecular formula is C16H10BrF3N2. The standard InChI is InChI=1S/C16H10BrF3N2/c17-14-11-7-4-8-12(16(18,19)20)15(11)22-21-13(14)9-10-5-2-1-3-6-10/h1-8H,9H2. The van der Waals surface area contributed by atoms with Gasteiger partial charge in [-0.3, -0.25) is 0 Å². The lowest BCUT2D eigenvalue weighted by Gasteiger charge is -2.11. The Hall–Kier alpha value is -1.95. The first-order valence-electron chi connectivity index (χ1n) is 6.51. The number of rotatable bonds is 2. The topological polar surface area (TPSA) is 25.8 Å². The molecular weight excluding hydrogens is 357 g/mol. The van der Waals surface area contributed by atoms with E-state index in [1.54, 1.807) is 6.07 Å². The fraction of sp³-hybridized carbons (Fsp3) is 0.125. The summed E-state index contributed by atoms with van der Waals surface area (Å²) in [6.45, 7) is 0. The maximum absolute atomic E-state index is 13.0. The van der Waals surface area contributed by atoms with E-state index in [1.165, 1.54) is 6.07 Å². The van der Waals surface area contributed by atoms with E-state index in [2.05, 4.69) is 26.1 Å². The molecule has 0 bridgehead atoms. The Morgan fingerprint density at radius 2 is 1.64 bits per heavy atom. The van der Waals surface area contributed by atoms with Gasteiger partial charge in [-0.2, -0.15) is 18.3 Å².